The van der Waals surface area contributed by atoms with E-state index in [0.717, 1.165) is 42.6 Å². The van der Waals surface area contributed by atoms with Gasteiger partial charge in [0.25, 0.3) is 5.56 Å². The van der Waals surface area contributed by atoms with Crippen LogP contribution in [0.1, 0.15) is 30.4 Å². The molecule has 2 amide bonds. The molecule has 10 heteroatoms. The Morgan fingerprint density at radius 1 is 0.833 bits per heavy atom. The van der Waals surface area contributed by atoms with Crippen LogP contribution in [0.3, 0.4) is 0 Å². The molecule has 5 rings (SSSR count). The van der Waals surface area contributed by atoms with Gasteiger partial charge in [0.2, 0.25) is 11.8 Å². The van der Waals surface area contributed by atoms with Gasteiger partial charge in [-0.1, -0.05) is 72.3 Å². The molecule has 1 saturated heterocycles. The molecule has 0 atom stereocenters. The maximum Gasteiger partial charge on any atom is 0.331 e. The molecule has 218 valence electrons. The van der Waals surface area contributed by atoms with Crippen LogP contribution in [0.4, 0.5) is 0 Å². The van der Waals surface area contributed by atoms with Crippen LogP contribution in [-0.4, -0.2) is 45.0 Å². The summed E-state index contributed by atoms with van der Waals surface area (Å²) in [6, 6.07) is 24.2. The first kappa shape index (κ1) is 29.3. The first-order valence-electron chi connectivity index (χ1n) is 14.2. The Kier molecular flexibility index (Phi) is 9.51. The molecule has 0 spiro atoms. The third-order valence-corrected chi connectivity index (χ3v) is 8.00. The molecule has 0 bridgehead atoms. The van der Waals surface area contributed by atoms with E-state index in [4.69, 9.17) is 11.6 Å². The van der Waals surface area contributed by atoms with E-state index in [2.05, 4.69) is 27.7 Å². The highest BCUT2D eigenvalue weighted by Crippen LogP contribution is 2.15. The largest absolute Gasteiger partial charge is 0.353 e. The molecule has 2 N–H and O–H groups in total. The summed E-state index contributed by atoms with van der Waals surface area (Å²) in [4.78, 5) is 54.7. The van der Waals surface area contributed by atoms with Crippen molar-refractivity contribution < 1.29 is 9.59 Å². The van der Waals surface area contributed by atoms with E-state index in [9.17, 15) is 19.2 Å². The number of hydrogen-bond acceptors (Lipinski definition) is 5. The Labute approximate surface area is 248 Å². The zero-order valence-electron chi connectivity index (χ0n) is 23.3. The smallest absolute Gasteiger partial charge is 0.331 e. The molecule has 2 heterocycles. The average molecular weight is 588 g/mol. The van der Waals surface area contributed by atoms with Gasteiger partial charge in [-0.05, 0) is 42.2 Å². The standard InChI is InChI=1S/C32H34ClN5O4/c33-27-12-6-4-10-24(27)20-34-30(40)22-38-28-13-7-5-11-26(28)31(41)37(32(38)42)19-16-29(39)35-25-14-17-36(18-15-25)21-23-8-2-1-3-9-23/h1-13,25H,14-22H2,(H,34,40)(H,35,39). The fraction of sp³-hybridized carbons (Fsp3) is 0.312. The lowest BCUT2D eigenvalue weighted by molar-refractivity contribution is -0.123. The van der Waals surface area contributed by atoms with Crippen LogP contribution in [0.2, 0.25) is 5.02 Å². The molecule has 1 aliphatic rings. The zero-order chi connectivity index (χ0) is 29.5. The van der Waals surface area contributed by atoms with Crippen LogP contribution in [0.15, 0.2) is 88.5 Å². The minimum Gasteiger partial charge on any atom is -0.353 e. The van der Waals surface area contributed by atoms with Gasteiger partial charge in [-0.3, -0.25) is 28.4 Å². The van der Waals surface area contributed by atoms with Gasteiger partial charge in [-0.2, -0.15) is 0 Å². The monoisotopic (exact) mass is 587 g/mol. The number of likely N-dealkylation sites (tertiary alicyclic amines) is 1. The lowest BCUT2D eigenvalue weighted by Gasteiger charge is -2.32. The second-order valence-corrected chi connectivity index (χ2v) is 11.0. The molecule has 0 unspecified atom stereocenters. The fourth-order valence-electron chi connectivity index (χ4n) is 5.35. The number of amides is 2. The Hall–Kier alpha value is -4.21. The SMILES string of the molecule is O=C(Cn1c(=O)n(CCC(=O)NC2CCN(Cc3ccccc3)CC2)c(=O)c2ccccc21)NCc1ccccc1Cl. The van der Waals surface area contributed by atoms with Gasteiger partial charge in [-0.15, -0.1) is 0 Å². The van der Waals surface area contributed by atoms with Gasteiger partial charge in [0, 0.05) is 50.2 Å². The van der Waals surface area contributed by atoms with E-state index < -0.39 is 17.2 Å². The first-order valence-corrected chi connectivity index (χ1v) is 14.5. The molecular weight excluding hydrogens is 554 g/mol. The zero-order valence-corrected chi connectivity index (χ0v) is 24.1. The predicted octanol–water partition coefficient (Wildman–Crippen LogP) is 3.30. The number of carbonyl (C=O) groups is 2. The lowest BCUT2D eigenvalue weighted by Crippen LogP contribution is -2.46. The van der Waals surface area contributed by atoms with Gasteiger partial charge < -0.3 is 10.6 Å². The minimum atomic E-state index is -0.631. The summed E-state index contributed by atoms with van der Waals surface area (Å²) in [5.41, 5.74) is 1.27. The van der Waals surface area contributed by atoms with Crippen molar-refractivity contribution in [2.75, 3.05) is 13.1 Å². The fourth-order valence-corrected chi connectivity index (χ4v) is 5.55. The number of carbonyl (C=O) groups excluding carboxylic acids is 2. The molecule has 42 heavy (non-hydrogen) atoms. The Morgan fingerprint density at radius 2 is 1.52 bits per heavy atom. The third kappa shape index (κ3) is 7.16. The van der Waals surface area contributed by atoms with Crippen molar-refractivity contribution in [3.8, 4) is 0 Å². The number of rotatable bonds is 10. The number of hydrogen-bond donors (Lipinski definition) is 2. The quantitative estimate of drug-likeness (QED) is 0.296. The highest BCUT2D eigenvalue weighted by molar-refractivity contribution is 6.31. The summed E-state index contributed by atoms with van der Waals surface area (Å²) in [7, 11) is 0. The molecular formula is C32H34ClN5O4. The van der Waals surface area contributed by atoms with Crippen LogP contribution >= 0.6 is 11.6 Å². The van der Waals surface area contributed by atoms with Crippen LogP contribution < -0.4 is 21.9 Å². The Bertz CT molecular complexity index is 1680. The molecule has 0 aliphatic carbocycles. The van der Waals surface area contributed by atoms with Crippen LogP contribution in [0, 0.1) is 0 Å². The molecule has 0 radical (unpaired) electrons. The first-order chi connectivity index (χ1) is 20.4. The summed E-state index contributed by atoms with van der Waals surface area (Å²) in [5.74, 6) is -0.608. The topological polar surface area (TPSA) is 105 Å². The van der Waals surface area contributed by atoms with Crippen molar-refractivity contribution >= 4 is 34.3 Å². The molecule has 1 aliphatic heterocycles. The van der Waals surface area contributed by atoms with E-state index in [1.807, 2.05) is 30.3 Å². The summed E-state index contributed by atoms with van der Waals surface area (Å²) in [5, 5.41) is 6.70. The molecule has 1 fully saturated rings. The summed E-state index contributed by atoms with van der Waals surface area (Å²) in [6.45, 7) is 2.49. The van der Waals surface area contributed by atoms with Crippen molar-refractivity contribution in [3.05, 3.63) is 116 Å². The summed E-state index contributed by atoms with van der Waals surface area (Å²) >= 11 is 6.19. The Morgan fingerprint density at radius 3 is 2.29 bits per heavy atom. The lowest BCUT2D eigenvalue weighted by atomic mass is 10.0. The van der Waals surface area contributed by atoms with E-state index in [-0.39, 0.29) is 38.0 Å². The van der Waals surface area contributed by atoms with Gasteiger partial charge in [-0.25, -0.2) is 4.79 Å². The van der Waals surface area contributed by atoms with Crippen molar-refractivity contribution in [2.24, 2.45) is 0 Å². The number of halogens is 1. The molecule has 4 aromatic rings. The second-order valence-electron chi connectivity index (χ2n) is 10.6. The van der Waals surface area contributed by atoms with E-state index >= 15 is 0 Å². The second kappa shape index (κ2) is 13.6. The van der Waals surface area contributed by atoms with Crippen molar-refractivity contribution in [2.45, 2.75) is 51.5 Å². The predicted molar refractivity (Wildman–Crippen MR) is 163 cm³/mol. The number of benzene rings is 3. The maximum atomic E-state index is 13.4. The van der Waals surface area contributed by atoms with Crippen molar-refractivity contribution in [1.29, 1.82) is 0 Å². The third-order valence-electron chi connectivity index (χ3n) is 7.63. The highest BCUT2D eigenvalue weighted by atomic mass is 35.5. The number of nitrogens with one attached hydrogen (secondary N) is 2. The summed E-state index contributed by atoms with van der Waals surface area (Å²) in [6.07, 6.45) is 1.66. The van der Waals surface area contributed by atoms with E-state index in [1.54, 1.807) is 36.4 Å². The summed E-state index contributed by atoms with van der Waals surface area (Å²) < 4.78 is 2.32. The van der Waals surface area contributed by atoms with Crippen molar-refractivity contribution in [3.63, 3.8) is 0 Å². The van der Waals surface area contributed by atoms with Crippen LogP contribution in [0.25, 0.3) is 10.9 Å². The van der Waals surface area contributed by atoms with E-state index in [1.165, 1.54) is 10.1 Å². The number of nitrogens with zero attached hydrogens (tertiary/aromatic N) is 3. The van der Waals surface area contributed by atoms with Crippen LogP contribution in [0.5, 0.6) is 0 Å². The number of piperidine rings is 1. The average Bonchev–Trinajstić information content (AvgIpc) is 3.00. The molecule has 3 aromatic carbocycles. The van der Waals surface area contributed by atoms with E-state index in [0.29, 0.717) is 15.9 Å². The highest BCUT2D eigenvalue weighted by Gasteiger charge is 2.21. The van der Waals surface area contributed by atoms with Crippen LogP contribution in [-0.2, 0) is 35.8 Å². The maximum absolute atomic E-state index is 13.4. The number of fused-ring (bicyclic) bond motifs is 1. The Balaban J connectivity index is 1.21. The van der Waals surface area contributed by atoms with Gasteiger partial charge in [0.15, 0.2) is 0 Å². The van der Waals surface area contributed by atoms with Gasteiger partial charge in [0.05, 0.1) is 10.9 Å². The normalized spacial score (nSPS) is 14.1. The molecule has 9 nitrogen and oxygen atoms in total. The van der Waals surface area contributed by atoms with Gasteiger partial charge >= 0.3 is 5.69 Å². The van der Waals surface area contributed by atoms with Gasteiger partial charge in [0.1, 0.15) is 6.54 Å². The molecule has 0 saturated carbocycles. The van der Waals surface area contributed by atoms with Crippen molar-refractivity contribution in [1.82, 2.24) is 24.7 Å². The number of aromatic nitrogens is 2. The number of para-hydroxylation sites is 1. The minimum absolute atomic E-state index is 0.0174. The molecule has 1 aromatic heterocycles.